The average Bonchev–Trinajstić information content (AvgIpc) is 2.70. The van der Waals surface area contributed by atoms with Gasteiger partial charge >= 0.3 is 5.97 Å². The van der Waals surface area contributed by atoms with Gasteiger partial charge in [0.05, 0.1) is 26.4 Å². The third-order valence-corrected chi connectivity index (χ3v) is 3.68. The zero-order chi connectivity index (χ0) is 20.5. The highest BCUT2D eigenvalue weighted by Gasteiger charge is 2.14. The van der Waals surface area contributed by atoms with Crippen LogP contribution in [0.2, 0.25) is 0 Å². The molecule has 2 rings (SSSR count). The predicted octanol–water partition coefficient (Wildman–Crippen LogP) is 3.53. The first-order valence-electron chi connectivity index (χ1n) is 8.84. The molecule has 0 unspecified atom stereocenters. The van der Waals surface area contributed by atoms with Crippen molar-refractivity contribution in [2.24, 2.45) is 5.92 Å². The Morgan fingerprint density at radius 1 is 0.964 bits per heavy atom. The van der Waals surface area contributed by atoms with Crippen LogP contribution in [0, 0.1) is 5.92 Å². The van der Waals surface area contributed by atoms with Gasteiger partial charge in [-0.1, -0.05) is 13.8 Å². The molecular formula is C21H25NO6. The number of esters is 1. The Bertz CT molecular complexity index is 801. The van der Waals surface area contributed by atoms with Crippen molar-refractivity contribution in [1.29, 1.82) is 0 Å². The Morgan fingerprint density at radius 3 is 2.29 bits per heavy atom. The number of hydrogen-bond donors (Lipinski definition) is 1. The maximum atomic E-state index is 12.1. The van der Waals surface area contributed by atoms with Crippen LogP contribution in [0.5, 0.6) is 17.2 Å². The fraction of sp³-hybridized carbons (Fsp3) is 0.333. The molecule has 0 fully saturated rings. The summed E-state index contributed by atoms with van der Waals surface area (Å²) < 4.78 is 21.1. The summed E-state index contributed by atoms with van der Waals surface area (Å²) in [5.41, 5.74) is 0.983. The van der Waals surface area contributed by atoms with Crippen LogP contribution >= 0.6 is 0 Å². The summed E-state index contributed by atoms with van der Waals surface area (Å²) in [5.74, 6) is 0.885. The van der Waals surface area contributed by atoms with Crippen LogP contribution < -0.4 is 19.5 Å². The number of ether oxygens (including phenoxy) is 4. The Balaban J connectivity index is 1.95. The smallest absolute Gasteiger partial charge is 0.338 e. The Morgan fingerprint density at radius 2 is 1.68 bits per heavy atom. The van der Waals surface area contributed by atoms with Gasteiger partial charge in [0.25, 0.3) is 5.91 Å². The molecule has 0 aliphatic heterocycles. The van der Waals surface area contributed by atoms with Crippen molar-refractivity contribution in [3.8, 4) is 17.2 Å². The molecule has 7 heteroatoms. The molecule has 0 spiro atoms. The number of hydrogen-bond acceptors (Lipinski definition) is 6. The summed E-state index contributed by atoms with van der Waals surface area (Å²) in [7, 11) is 3.03. The van der Waals surface area contributed by atoms with Crippen molar-refractivity contribution in [3.63, 3.8) is 0 Å². The molecule has 28 heavy (non-hydrogen) atoms. The molecule has 0 atom stereocenters. The quantitative estimate of drug-likeness (QED) is 0.663. The molecule has 0 aromatic heterocycles. The first kappa shape index (κ1) is 21.1. The lowest BCUT2D eigenvalue weighted by Crippen LogP contribution is -2.20. The lowest BCUT2D eigenvalue weighted by molar-refractivity contribution is -0.118. The lowest BCUT2D eigenvalue weighted by atomic mass is 10.2. The molecule has 1 N–H and O–H groups in total. The van der Waals surface area contributed by atoms with E-state index in [-0.39, 0.29) is 18.4 Å². The van der Waals surface area contributed by atoms with Gasteiger partial charge in [0.15, 0.2) is 18.1 Å². The topological polar surface area (TPSA) is 83.1 Å². The van der Waals surface area contributed by atoms with Crippen LogP contribution in [0.4, 0.5) is 5.69 Å². The molecular weight excluding hydrogens is 362 g/mol. The van der Waals surface area contributed by atoms with Crippen LogP contribution in [-0.2, 0) is 9.53 Å². The van der Waals surface area contributed by atoms with Crippen molar-refractivity contribution in [3.05, 3.63) is 48.0 Å². The third-order valence-electron chi connectivity index (χ3n) is 3.68. The van der Waals surface area contributed by atoms with Gasteiger partial charge in [-0.05, 0) is 48.4 Å². The molecule has 7 nitrogen and oxygen atoms in total. The molecule has 0 bridgehead atoms. The molecule has 0 radical (unpaired) electrons. The zero-order valence-electron chi connectivity index (χ0n) is 16.5. The van der Waals surface area contributed by atoms with Crippen molar-refractivity contribution in [2.45, 2.75) is 13.8 Å². The van der Waals surface area contributed by atoms with E-state index in [0.29, 0.717) is 35.1 Å². The summed E-state index contributed by atoms with van der Waals surface area (Å²) in [6, 6.07) is 11.6. The number of benzene rings is 2. The van der Waals surface area contributed by atoms with Crippen molar-refractivity contribution >= 4 is 17.6 Å². The number of nitrogens with one attached hydrogen (secondary N) is 1. The van der Waals surface area contributed by atoms with E-state index in [2.05, 4.69) is 5.32 Å². The van der Waals surface area contributed by atoms with E-state index in [1.807, 2.05) is 13.8 Å². The minimum absolute atomic E-state index is 0.209. The fourth-order valence-electron chi connectivity index (χ4n) is 2.25. The highest BCUT2D eigenvalue weighted by atomic mass is 16.5. The second-order valence-electron chi connectivity index (χ2n) is 6.42. The molecule has 0 aliphatic rings. The van der Waals surface area contributed by atoms with Gasteiger partial charge in [-0.25, -0.2) is 4.79 Å². The van der Waals surface area contributed by atoms with E-state index < -0.39 is 5.97 Å². The minimum atomic E-state index is -0.434. The van der Waals surface area contributed by atoms with E-state index in [4.69, 9.17) is 18.9 Å². The Labute approximate surface area is 164 Å². The summed E-state index contributed by atoms with van der Waals surface area (Å²) in [6.45, 7) is 4.05. The molecule has 150 valence electrons. The second-order valence-corrected chi connectivity index (χ2v) is 6.42. The number of anilines is 1. The standard InChI is InChI=1S/C21H25NO6/c1-14(2)12-28-21(24)15-5-10-18(19(11-15)26-4)27-13-20(23)22-16-6-8-17(25-3)9-7-16/h5-11,14H,12-13H2,1-4H3,(H,22,23). The van der Waals surface area contributed by atoms with Crippen LogP contribution in [0.3, 0.4) is 0 Å². The van der Waals surface area contributed by atoms with Crippen LogP contribution in [-0.4, -0.2) is 39.3 Å². The molecule has 2 aromatic carbocycles. The van der Waals surface area contributed by atoms with E-state index in [0.717, 1.165) is 0 Å². The number of rotatable bonds is 9. The average molecular weight is 387 g/mol. The van der Waals surface area contributed by atoms with Gasteiger partial charge in [-0.15, -0.1) is 0 Å². The number of carbonyl (C=O) groups is 2. The summed E-state index contributed by atoms with van der Waals surface area (Å²) in [6.07, 6.45) is 0. The van der Waals surface area contributed by atoms with Crippen molar-refractivity contribution in [2.75, 3.05) is 32.8 Å². The van der Waals surface area contributed by atoms with Gasteiger partial charge in [-0.2, -0.15) is 0 Å². The molecule has 0 saturated heterocycles. The summed E-state index contributed by atoms with van der Waals surface area (Å²) in [5, 5.41) is 2.72. The van der Waals surface area contributed by atoms with Crippen molar-refractivity contribution in [1.82, 2.24) is 0 Å². The zero-order valence-corrected chi connectivity index (χ0v) is 16.5. The molecule has 0 aliphatic carbocycles. The molecule has 0 saturated carbocycles. The Kier molecular flexibility index (Phi) is 7.68. The van der Waals surface area contributed by atoms with Crippen LogP contribution in [0.25, 0.3) is 0 Å². The van der Waals surface area contributed by atoms with Crippen LogP contribution in [0.15, 0.2) is 42.5 Å². The third kappa shape index (κ3) is 6.19. The lowest BCUT2D eigenvalue weighted by Gasteiger charge is -2.13. The fourth-order valence-corrected chi connectivity index (χ4v) is 2.25. The molecule has 1 amide bonds. The van der Waals surface area contributed by atoms with E-state index in [9.17, 15) is 9.59 Å². The molecule has 2 aromatic rings. The number of carbonyl (C=O) groups excluding carboxylic acids is 2. The van der Waals surface area contributed by atoms with Gasteiger partial charge in [0.1, 0.15) is 5.75 Å². The van der Waals surface area contributed by atoms with Gasteiger partial charge in [0, 0.05) is 5.69 Å². The second kappa shape index (κ2) is 10.2. The summed E-state index contributed by atoms with van der Waals surface area (Å²) >= 11 is 0. The maximum Gasteiger partial charge on any atom is 0.338 e. The Hall–Kier alpha value is -3.22. The first-order valence-corrected chi connectivity index (χ1v) is 8.84. The highest BCUT2D eigenvalue weighted by molar-refractivity contribution is 5.92. The number of amides is 1. The minimum Gasteiger partial charge on any atom is -0.497 e. The monoisotopic (exact) mass is 387 g/mol. The maximum absolute atomic E-state index is 12.1. The van der Waals surface area contributed by atoms with Gasteiger partial charge in [-0.3, -0.25) is 4.79 Å². The van der Waals surface area contributed by atoms with E-state index in [1.165, 1.54) is 13.2 Å². The number of methoxy groups -OCH3 is 2. The SMILES string of the molecule is COc1ccc(NC(=O)COc2ccc(C(=O)OCC(C)C)cc2OC)cc1. The normalized spacial score (nSPS) is 10.3. The molecule has 0 heterocycles. The van der Waals surface area contributed by atoms with Gasteiger partial charge in [0.2, 0.25) is 0 Å². The highest BCUT2D eigenvalue weighted by Crippen LogP contribution is 2.28. The van der Waals surface area contributed by atoms with E-state index in [1.54, 1.807) is 43.5 Å². The largest absolute Gasteiger partial charge is 0.497 e. The van der Waals surface area contributed by atoms with Crippen molar-refractivity contribution < 1.29 is 28.5 Å². The van der Waals surface area contributed by atoms with Gasteiger partial charge < -0.3 is 24.3 Å². The first-order chi connectivity index (χ1) is 13.4. The summed E-state index contributed by atoms with van der Waals surface area (Å²) in [4.78, 5) is 24.1. The van der Waals surface area contributed by atoms with E-state index >= 15 is 0 Å². The van der Waals surface area contributed by atoms with Crippen LogP contribution in [0.1, 0.15) is 24.2 Å². The predicted molar refractivity (Wildman–Crippen MR) is 105 cm³/mol.